The summed E-state index contributed by atoms with van der Waals surface area (Å²) in [5.41, 5.74) is 0. The lowest BCUT2D eigenvalue weighted by atomic mass is 9.67. The van der Waals surface area contributed by atoms with Crippen LogP contribution in [0.3, 0.4) is 0 Å². The van der Waals surface area contributed by atoms with Gasteiger partial charge >= 0.3 is 0 Å². The molecule has 0 aromatic carbocycles. The quantitative estimate of drug-likeness (QED) is 0.405. The highest BCUT2D eigenvalue weighted by molar-refractivity contribution is 7.80. The maximum Gasteiger partial charge on any atom is 0.00169 e. The Kier molecular flexibility index (Phi) is 7.64. The Labute approximate surface area is 145 Å². The van der Waals surface area contributed by atoms with Crippen molar-refractivity contribution < 1.29 is 0 Å². The second-order valence-electron chi connectivity index (χ2n) is 8.62. The number of thiol groups is 1. The third-order valence-corrected chi connectivity index (χ3v) is 7.71. The molecule has 3 fully saturated rings. The minimum absolute atomic E-state index is 0. The number of hydrogen-bond acceptors (Lipinski definition) is 1. The predicted molar refractivity (Wildman–Crippen MR) is 103 cm³/mol. The fourth-order valence-corrected chi connectivity index (χ4v) is 5.96. The second kappa shape index (κ2) is 9.00. The van der Waals surface area contributed by atoms with E-state index in [9.17, 15) is 0 Å². The largest absolute Gasteiger partial charge is 0.176 e. The van der Waals surface area contributed by atoms with Gasteiger partial charge in [-0.3, -0.25) is 0 Å². The maximum atomic E-state index is 4.73. The van der Waals surface area contributed by atoms with Gasteiger partial charge in [0.2, 0.25) is 0 Å². The molecule has 0 bridgehead atoms. The highest BCUT2D eigenvalue weighted by atomic mass is 32.1. The highest BCUT2D eigenvalue weighted by Gasteiger charge is 2.33. The molecule has 3 aliphatic rings. The van der Waals surface area contributed by atoms with Crippen LogP contribution in [-0.4, -0.2) is 5.25 Å². The smallest absolute Gasteiger partial charge is 0.00169 e. The van der Waals surface area contributed by atoms with Gasteiger partial charge in [0, 0.05) is 5.25 Å². The van der Waals surface area contributed by atoms with Crippen LogP contribution in [0.25, 0.3) is 0 Å². The summed E-state index contributed by atoms with van der Waals surface area (Å²) in [4.78, 5) is 0. The molecule has 2 atom stereocenters. The van der Waals surface area contributed by atoms with Gasteiger partial charge in [0.15, 0.2) is 0 Å². The predicted octanol–water partition coefficient (Wildman–Crippen LogP) is 7.13. The Morgan fingerprint density at radius 2 is 0.955 bits per heavy atom. The molecular formula is C21H40S. The van der Waals surface area contributed by atoms with Crippen molar-refractivity contribution in [3.05, 3.63) is 0 Å². The molecule has 0 heterocycles. The van der Waals surface area contributed by atoms with Gasteiger partial charge in [-0.1, -0.05) is 40.0 Å². The first-order valence-corrected chi connectivity index (χ1v) is 10.4. The topological polar surface area (TPSA) is 0 Å². The third-order valence-electron chi connectivity index (χ3n) is 7.19. The average Bonchev–Trinajstić information content (AvgIpc) is 2.73. The zero-order valence-corrected chi connectivity index (χ0v) is 15.0. The molecule has 2 unspecified atom stereocenters. The molecular weight excluding hydrogens is 284 g/mol. The van der Waals surface area contributed by atoms with Crippen molar-refractivity contribution in [2.45, 2.75) is 103 Å². The van der Waals surface area contributed by atoms with Gasteiger partial charge in [0.1, 0.15) is 0 Å². The molecule has 130 valence electrons. The Hall–Kier alpha value is 0.350. The normalized spacial score (nSPS) is 43.9. The van der Waals surface area contributed by atoms with Crippen LogP contribution >= 0.6 is 12.6 Å². The Morgan fingerprint density at radius 1 is 0.545 bits per heavy atom. The van der Waals surface area contributed by atoms with Gasteiger partial charge in [0.05, 0.1) is 0 Å². The van der Waals surface area contributed by atoms with E-state index in [0.29, 0.717) is 5.25 Å². The lowest BCUT2D eigenvalue weighted by Gasteiger charge is -2.39. The van der Waals surface area contributed by atoms with E-state index in [1.54, 1.807) is 38.5 Å². The first kappa shape index (κ1) is 18.7. The molecule has 22 heavy (non-hydrogen) atoms. The zero-order chi connectivity index (χ0) is 14.7. The van der Waals surface area contributed by atoms with Crippen LogP contribution < -0.4 is 0 Å². The van der Waals surface area contributed by atoms with Crippen molar-refractivity contribution in [1.82, 2.24) is 0 Å². The summed E-state index contributed by atoms with van der Waals surface area (Å²) in [6.45, 7) is 2.45. The lowest BCUT2D eigenvalue weighted by Crippen LogP contribution is -2.27. The lowest BCUT2D eigenvalue weighted by molar-refractivity contribution is 0.123. The molecule has 0 spiro atoms. The van der Waals surface area contributed by atoms with Crippen LogP contribution in [0.1, 0.15) is 97.8 Å². The van der Waals surface area contributed by atoms with E-state index in [1.165, 1.54) is 44.9 Å². The first-order valence-electron chi connectivity index (χ1n) is 9.90. The molecule has 0 amide bonds. The Morgan fingerprint density at radius 3 is 1.50 bits per heavy atom. The van der Waals surface area contributed by atoms with Crippen LogP contribution in [-0.2, 0) is 0 Å². The van der Waals surface area contributed by atoms with Gasteiger partial charge < -0.3 is 0 Å². The second-order valence-corrected chi connectivity index (χ2v) is 9.35. The van der Waals surface area contributed by atoms with E-state index in [4.69, 9.17) is 12.6 Å². The molecule has 0 aromatic rings. The van der Waals surface area contributed by atoms with Crippen LogP contribution in [0, 0.1) is 29.6 Å². The van der Waals surface area contributed by atoms with E-state index >= 15 is 0 Å². The molecule has 0 aliphatic heterocycles. The van der Waals surface area contributed by atoms with E-state index in [0.717, 1.165) is 29.6 Å². The van der Waals surface area contributed by atoms with Crippen molar-refractivity contribution >= 4 is 12.6 Å². The minimum Gasteiger partial charge on any atom is -0.176 e. The summed E-state index contributed by atoms with van der Waals surface area (Å²) in [6, 6.07) is 0. The Balaban J connectivity index is 0.00000176. The van der Waals surface area contributed by atoms with E-state index in [-0.39, 0.29) is 7.43 Å². The molecule has 3 saturated carbocycles. The molecule has 0 saturated heterocycles. The molecule has 0 aromatic heterocycles. The summed E-state index contributed by atoms with van der Waals surface area (Å²) in [6.07, 6.45) is 19.5. The summed E-state index contributed by atoms with van der Waals surface area (Å²) in [5, 5.41) is 0.704. The molecule has 1 heteroatoms. The van der Waals surface area contributed by atoms with Gasteiger partial charge in [-0.05, 0) is 87.4 Å². The van der Waals surface area contributed by atoms with Crippen molar-refractivity contribution in [1.29, 1.82) is 0 Å². The molecule has 3 rings (SSSR count). The number of rotatable bonds is 2. The van der Waals surface area contributed by atoms with Crippen molar-refractivity contribution in [3.8, 4) is 0 Å². The van der Waals surface area contributed by atoms with Crippen LogP contribution in [0.15, 0.2) is 0 Å². The number of hydrogen-bond donors (Lipinski definition) is 1. The van der Waals surface area contributed by atoms with Gasteiger partial charge in [0.25, 0.3) is 0 Å². The third kappa shape index (κ3) is 4.92. The van der Waals surface area contributed by atoms with Crippen LogP contribution in [0.2, 0.25) is 0 Å². The summed E-state index contributed by atoms with van der Waals surface area (Å²) in [7, 11) is 0. The molecule has 0 radical (unpaired) electrons. The Bertz CT molecular complexity index is 297. The van der Waals surface area contributed by atoms with Crippen LogP contribution in [0.5, 0.6) is 0 Å². The summed E-state index contributed by atoms with van der Waals surface area (Å²) < 4.78 is 0. The molecule has 3 aliphatic carbocycles. The van der Waals surface area contributed by atoms with Gasteiger partial charge in [-0.25, -0.2) is 0 Å². The maximum absolute atomic E-state index is 4.73. The van der Waals surface area contributed by atoms with Gasteiger partial charge in [-0.2, -0.15) is 12.6 Å². The zero-order valence-electron chi connectivity index (χ0n) is 14.1. The fourth-order valence-electron chi connectivity index (χ4n) is 5.63. The van der Waals surface area contributed by atoms with E-state index in [1.807, 2.05) is 0 Å². The fraction of sp³-hybridized carbons (Fsp3) is 1.00. The SMILES string of the molecule is C.CC1CCC(C2CCC(C3CCCC(S)CC3)CC2)CC1. The van der Waals surface area contributed by atoms with Crippen molar-refractivity contribution in [2.75, 3.05) is 0 Å². The monoisotopic (exact) mass is 324 g/mol. The van der Waals surface area contributed by atoms with E-state index < -0.39 is 0 Å². The minimum atomic E-state index is 0. The molecule has 0 N–H and O–H groups in total. The van der Waals surface area contributed by atoms with Crippen LogP contribution in [0.4, 0.5) is 0 Å². The van der Waals surface area contributed by atoms with E-state index in [2.05, 4.69) is 6.92 Å². The summed E-state index contributed by atoms with van der Waals surface area (Å²) >= 11 is 4.73. The average molecular weight is 325 g/mol. The molecule has 0 nitrogen and oxygen atoms in total. The summed E-state index contributed by atoms with van der Waals surface area (Å²) in [5.74, 6) is 5.32. The standard InChI is InChI=1S/C20H36S.CH4/c1-15-5-7-17(8-6-15)19-11-9-18(10-12-19)16-3-2-4-20(21)14-13-16;/h15-21H,2-14H2,1H3;1H4. The van der Waals surface area contributed by atoms with Crippen molar-refractivity contribution in [3.63, 3.8) is 0 Å². The highest BCUT2D eigenvalue weighted by Crippen LogP contribution is 2.45. The van der Waals surface area contributed by atoms with Crippen molar-refractivity contribution in [2.24, 2.45) is 29.6 Å². The van der Waals surface area contributed by atoms with Gasteiger partial charge in [-0.15, -0.1) is 0 Å². The first-order chi connectivity index (χ1) is 10.2.